The smallest absolute Gasteiger partial charge is 0.256 e. The molecule has 30 heavy (non-hydrogen) atoms. The standard InChI is InChI=1S/C22H23FN6O/c1-28-12-14-6-4-8-16(20(14)22(28)30)25-19-11-5-9-17(26-19)21-27-24-13-29(21)18-10-3-2-7-15(18)23/h4-6,8-9,11,13,15,18H,2-3,7,10,12H2,1H3,(H,25,26)/t15-,18-/m1/s1. The number of anilines is 2. The second-order valence-corrected chi connectivity index (χ2v) is 7.96. The Morgan fingerprint density at radius 3 is 2.83 bits per heavy atom. The maximum Gasteiger partial charge on any atom is 0.256 e. The van der Waals surface area contributed by atoms with E-state index in [4.69, 9.17) is 0 Å². The molecule has 1 fully saturated rings. The first-order valence-corrected chi connectivity index (χ1v) is 10.3. The fourth-order valence-corrected chi connectivity index (χ4v) is 4.42. The fraction of sp³-hybridized carbons (Fsp3) is 0.364. The highest BCUT2D eigenvalue weighted by atomic mass is 19.1. The molecular weight excluding hydrogens is 383 g/mol. The van der Waals surface area contributed by atoms with Crippen molar-refractivity contribution >= 4 is 17.4 Å². The van der Waals surface area contributed by atoms with Gasteiger partial charge in [0.05, 0.1) is 17.3 Å². The number of amides is 1. The van der Waals surface area contributed by atoms with Gasteiger partial charge in [0, 0.05) is 13.6 Å². The molecule has 0 spiro atoms. The Kier molecular flexibility index (Phi) is 4.69. The van der Waals surface area contributed by atoms with Crippen LogP contribution in [0.5, 0.6) is 0 Å². The number of pyridine rings is 1. The first-order valence-electron chi connectivity index (χ1n) is 10.3. The Hall–Kier alpha value is -3.29. The lowest BCUT2D eigenvalue weighted by Gasteiger charge is -2.27. The second kappa shape index (κ2) is 7.51. The molecule has 0 bridgehead atoms. The number of carbonyl (C=O) groups excluding carboxylic acids is 1. The van der Waals surface area contributed by atoms with E-state index >= 15 is 0 Å². The molecule has 1 saturated carbocycles. The molecule has 0 radical (unpaired) electrons. The first kappa shape index (κ1) is 18.7. The molecule has 0 saturated heterocycles. The van der Waals surface area contributed by atoms with Gasteiger partial charge in [-0.15, -0.1) is 10.2 Å². The van der Waals surface area contributed by atoms with Gasteiger partial charge in [-0.25, -0.2) is 9.37 Å². The molecule has 2 atom stereocenters. The lowest BCUT2D eigenvalue weighted by molar-refractivity contribution is 0.0817. The third kappa shape index (κ3) is 3.22. The molecule has 154 valence electrons. The summed E-state index contributed by atoms with van der Waals surface area (Å²) in [7, 11) is 1.79. The van der Waals surface area contributed by atoms with Gasteiger partial charge in [0.15, 0.2) is 5.82 Å². The van der Waals surface area contributed by atoms with Gasteiger partial charge in [-0.05, 0) is 36.6 Å². The number of carbonyl (C=O) groups is 1. The molecule has 2 aliphatic rings. The summed E-state index contributed by atoms with van der Waals surface area (Å²) < 4.78 is 16.3. The topological polar surface area (TPSA) is 75.9 Å². The van der Waals surface area contributed by atoms with Crippen molar-refractivity contribution in [1.82, 2.24) is 24.6 Å². The van der Waals surface area contributed by atoms with Crippen LogP contribution in [0.4, 0.5) is 15.9 Å². The second-order valence-electron chi connectivity index (χ2n) is 7.96. The van der Waals surface area contributed by atoms with Crippen LogP contribution in [0, 0.1) is 0 Å². The summed E-state index contributed by atoms with van der Waals surface area (Å²) in [6, 6.07) is 11.1. The van der Waals surface area contributed by atoms with Gasteiger partial charge < -0.3 is 14.8 Å². The Bertz CT molecular complexity index is 1100. The first-order chi connectivity index (χ1) is 14.6. The predicted molar refractivity (Wildman–Crippen MR) is 111 cm³/mol. The third-order valence-corrected chi connectivity index (χ3v) is 5.94. The fourth-order valence-electron chi connectivity index (χ4n) is 4.42. The van der Waals surface area contributed by atoms with Crippen molar-refractivity contribution in [3.05, 3.63) is 53.9 Å². The zero-order valence-electron chi connectivity index (χ0n) is 16.8. The molecule has 0 unspecified atom stereocenters. The molecule has 3 heterocycles. The molecule has 1 aliphatic heterocycles. The van der Waals surface area contributed by atoms with Gasteiger partial charge in [0.1, 0.15) is 24.0 Å². The zero-order valence-corrected chi connectivity index (χ0v) is 16.8. The van der Waals surface area contributed by atoms with Crippen molar-refractivity contribution in [3.63, 3.8) is 0 Å². The number of aromatic nitrogens is 4. The number of rotatable bonds is 4. The Morgan fingerprint density at radius 2 is 1.97 bits per heavy atom. The average molecular weight is 406 g/mol. The van der Waals surface area contributed by atoms with Gasteiger partial charge >= 0.3 is 0 Å². The highest BCUT2D eigenvalue weighted by Crippen LogP contribution is 2.34. The van der Waals surface area contributed by atoms with E-state index in [2.05, 4.69) is 20.5 Å². The molecule has 3 aromatic rings. The van der Waals surface area contributed by atoms with Crippen molar-refractivity contribution < 1.29 is 9.18 Å². The minimum absolute atomic E-state index is 0.00437. The molecule has 8 heteroatoms. The molecule has 5 rings (SSSR count). The van der Waals surface area contributed by atoms with Crippen LogP contribution in [0.15, 0.2) is 42.7 Å². The summed E-state index contributed by atoms with van der Waals surface area (Å²) >= 11 is 0. The Morgan fingerprint density at radius 1 is 1.13 bits per heavy atom. The normalized spacial score (nSPS) is 21.0. The van der Waals surface area contributed by atoms with Crippen LogP contribution in [0.1, 0.15) is 47.6 Å². The van der Waals surface area contributed by atoms with Gasteiger partial charge in [-0.3, -0.25) is 4.79 Å². The van der Waals surface area contributed by atoms with Gasteiger partial charge in [0.25, 0.3) is 5.91 Å². The summed E-state index contributed by atoms with van der Waals surface area (Å²) in [6.45, 7) is 0.603. The minimum atomic E-state index is -0.898. The SMILES string of the molecule is CN1Cc2cccc(Nc3cccc(-c4nncn4[C@@H]4CCCC[C@H]4F)n3)c2C1=O. The van der Waals surface area contributed by atoms with Crippen LogP contribution in [0.3, 0.4) is 0 Å². The number of hydrogen-bond acceptors (Lipinski definition) is 5. The number of hydrogen-bond donors (Lipinski definition) is 1. The lowest BCUT2D eigenvalue weighted by atomic mass is 9.93. The summed E-state index contributed by atoms with van der Waals surface area (Å²) in [6.07, 6.45) is 3.96. The van der Waals surface area contributed by atoms with Gasteiger partial charge in [-0.1, -0.05) is 31.0 Å². The van der Waals surface area contributed by atoms with Crippen molar-refractivity contribution in [2.24, 2.45) is 0 Å². The summed E-state index contributed by atoms with van der Waals surface area (Å²) in [5.74, 6) is 1.15. The summed E-state index contributed by atoms with van der Waals surface area (Å²) in [4.78, 5) is 18.9. The highest BCUT2D eigenvalue weighted by Gasteiger charge is 2.29. The summed E-state index contributed by atoms with van der Waals surface area (Å²) in [5.41, 5.74) is 3.02. The molecule has 1 aromatic carbocycles. The number of alkyl halides is 1. The highest BCUT2D eigenvalue weighted by molar-refractivity contribution is 6.03. The maximum atomic E-state index is 14.5. The lowest BCUT2D eigenvalue weighted by Crippen LogP contribution is -2.24. The van der Waals surface area contributed by atoms with Crippen LogP contribution >= 0.6 is 0 Å². The average Bonchev–Trinajstić information content (AvgIpc) is 3.34. The Balaban J connectivity index is 1.46. The van der Waals surface area contributed by atoms with Crippen molar-refractivity contribution in [3.8, 4) is 11.5 Å². The minimum Gasteiger partial charge on any atom is -0.340 e. The van der Waals surface area contributed by atoms with E-state index in [1.165, 1.54) is 0 Å². The van der Waals surface area contributed by atoms with Crippen LogP contribution in [-0.2, 0) is 6.54 Å². The molecule has 7 nitrogen and oxygen atoms in total. The van der Waals surface area contributed by atoms with E-state index in [1.54, 1.807) is 18.3 Å². The quantitative estimate of drug-likeness (QED) is 0.705. The maximum absolute atomic E-state index is 14.5. The number of halogens is 1. The zero-order chi connectivity index (χ0) is 20.7. The molecule has 1 N–H and O–H groups in total. The predicted octanol–water partition coefficient (Wildman–Crippen LogP) is 4.12. The van der Waals surface area contributed by atoms with Crippen molar-refractivity contribution in [2.75, 3.05) is 12.4 Å². The summed E-state index contributed by atoms with van der Waals surface area (Å²) in [5, 5.41) is 11.5. The van der Waals surface area contributed by atoms with Crippen LogP contribution in [0.2, 0.25) is 0 Å². The number of benzene rings is 1. The molecular formula is C22H23FN6O. The Labute approximate surface area is 174 Å². The number of nitrogens with zero attached hydrogens (tertiary/aromatic N) is 5. The van der Waals surface area contributed by atoms with Crippen molar-refractivity contribution in [2.45, 2.75) is 44.4 Å². The van der Waals surface area contributed by atoms with Crippen LogP contribution in [-0.4, -0.2) is 43.8 Å². The number of nitrogens with one attached hydrogen (secondary N) is 1. The number of fused-ring (bicyclic) bond motifs is 1. The van der Waals surface area contributed by atoms with Crippen LogP contribution in [0.25, 0.3) is 11.5 Å². The monoisotopic (exact) mass is 406 g/mol. The van der Waals surface area contributed by atoms with Crippen molar-refractivity contribution in [1.29, 1.82) is 0 Å². The van der Waals surface area contributed by atoms with E-state index < -0.39 is 6.17 Å². The van der Waals surface area contributed by atoms with Crippen LogP contribution < -0.4 is 5.32 Å². The largest absolute Gasteiger partial charge is 0.340 e. The molecule has 1 aliphatic carbocycles. The van der Waals surface area contributed by atoms with Gasteiger partial charge in [0.2, 0.25) is 0 Å². The van der Waals surface area contributed by atoms with E-state index in [-0.39, 0.29) is 11.9 Å². The van der Waals surface area contributed by atoms with E-state index in [1.807, 2.05) is 41.0 Å². The van der Waals surface area contributed by atoms with E-state index in [0.717, 1.165) is 30.5 Å². The molecule has 1 amide bonds. The van der Waals surface area contributed by atoms with E-state index in [9.17, 15) is 9.18 Å². The van der Waals surface area contributed by atoms with Gasteiger partial charge in [-0.2, -0.15) is 0 Å². The molecule has 2 aromatic heterocycles. The van der Waals surface area contributed by atoms with E-state index in [0.29, 0.717) is 35.9 Å². The third-order valence-electron chi connectivity index (χ3n) is 5.94.